The number of thioether (sulfide) groups is 1. The highest BCUT2D eigenvalue weighted by Crippen LogP contribution is 2.28. The van der Waals surface area contributed by atoms with Crippen LogP contribution in [0.25, 0.3) is 0 Å². The molecule has 1 amide bonds. The van der Waals surface area contributed by atoms with Crippen LogP contribution in [0.3, 0.4) is 0 Å². The summed E-state index contributed by atoms with van der Waals surface area (Å²) in [4.78, 5) is 23.8. The van der Waals surface area contributed by atoms with Crippen LogP contribution < -0.4 is 5.32 Å². The number of Topliss-reactive ketones (excluding diaryl/α,β-unsaturated/α-hetero) is 1. The fourth-order valence-corrected chi connectivity index (χ4v) is 2.50. The number of halogens is 2. The Hall–Kier alpha value is -2.21. The monoisotopic (exact) mass is 321 g/mol. The van der Waals surface area contributed by atoms with Crippen molar-refractivity contribution in [3.05, 3.63) is 59.7 Å². The molecule has 0 saturated carbocycles. The van der Waals surface area contributed by atoms with Gasteiger partial charge in [0.2, 0.25) is 0 Å². The zero-order valence-electron chi connectivity index (χ0n) is 11.7. The molecule has 114 valence electrons. The average molecular weight is 321 g/mol. The molecule has 3 nitrogen and oxygen atoms in total. The number of hydrogen-bond acceptors (Lipinski definition) is 3. The predicted octanol–water partition coefficient (Wildman–Crippen LogP) is 4.46. The topological polar surface area (TPSA) is 46.2 Å². The Morgan fingerprint density at radius 3 is 2.50 bits per heavy atom. The lowest BCUT2D eigenvalue weighted by atomic mass is 10.1. The molecule has 0 aliphatic rings. The lowest BCUT2D eigenvalue weighted by Crippen LogP contribution is -2.13. The van der Waals surface area contributed by atoms with Gasteiger partial charge in [0.1, 0.15) is 0 Å². The van der Waals surface area contributed by atoms with Gasteiger partial charge in [-0.15, -0.1) is 0 Å². The van der Waals surface area contributed by atoms with Gasteiger partial charge in [0.25, 0.3) is 11.7 Å². The summed E-state index contributed by atoms with van der Waals surface area (Å²) in [5.41, 5.74) is 1.07. The van der Waals surface area contributed by atoms with Gasteiger partial charge in [-0.25, -0.2) is 0 Å². The number of hydrogen-bond donors (Lipinski definition) is 1. The molecule has 0 fully saturated rings. The molecule has 0 heterocycles. The van der Waals surface area contributed by atoms with E-state index in [1.54, 1.807) is 36.4 Å². The molecule has 1 N–H and O–H groups in total. The van der Waals surface area contributed by atoms with E-state index in [1.165, 1.54) is 19.1 Å². The van der Waals surface area contributed by atoms with Gasteiger partial charge in [-0.05, 0) is 31.2 Å². The number of anilines is 1. The number of nitrogens with one attached hydrogen (secondary N) is 1. The van der Waals surface area contributed by atoms with Crippen molar-refractivity contribution in [3.8, 4) is 0 Å². The van der Waals surface area contributed by atoms with Gasteiger partial charge < -0.3 is 5.32 Å². The Labute approximate surface area is 130 Å². The minimum absolute atomic E-state index is 0.121. The van der Waals surface area contributed by atoms with Crippen molar-refractivity contribution in [1.82, 2.24) is 0 Å². The zero-order chi connectivity index (χ0) is 16.1. The van der Waals surface area contributed by atoms with Crippen LogP contribution in [0.5, 0.6) is 0 Å². The molecule has 0 atom stereocenters. The van der Waals surface area contributed by atoms with E-state index in [0.717, 1.165) is 0 Å². The highest BCUT2D eigenvalue weighted by Gasteiger charge is 2.15. The standard InChI is InChI=1S/C16H13F2NO2S/c1-10(20)11-5-4-6-12(9-11)19-15(21)13-7-2-3-8-14(13)22-16(17)18/h2-9,16H,1H3,(H,19,21). The second-order valence-electron chi connectivity index (χ2n) is 4.47. The third-order valence-electron chi connectivity index (χ3n) is 2.87. The van der Waals surface area contributed by atoms with E-state index in [2.05, 4.69) is 5.32 Å². The normalized spacial score (nSPS) is 10.5. The van der Waals surface area contributed by atoms with Crippen LogP contribution in [-0.2, 0) is 0 Å². The summed E-state index contributed by atoms with van der Waals surface area (Å²) in [5, 5.41) is 2.62. The first-order valence-electron chi connectivity index (χ1n) is 6.43. The number of rotatable bonds is 5. The summed E-state index contributed by atoms with van der Waals surface area (Å²) < 4.78 is 25.1. The van der Waals surface area contributed by atoms with E-state index >= 15 is 0 Å². The number of benzene rings is 2. The van der Waals surface area contributed by atoms with Crippen LogP contribution in [-0.4, -0.2) is 17.4 Å². The van der Waals surface area contributed by atoms with Gasteiger partial charge in [-0.1, -0.05) is 36.0 Å². The first-order chi connectivity index (χ1) is 10.5. The van der Waals surface area contributed by atoms with Crippen molar-refractivity contribution >= 4 is 29.1 Å². The maximum absolute atomic E-state index is 12.5. The number of carbonyl (C=O) groups excluding carboxylic acids is 2. The van der Waals surface area contributed by atoms with Crippen LogP contribution in [0.1, 0.15) is 27.6 Å². The minimum atomic E-state index is -2.60. The van der Waals surface area contributed by atoms with Gasteiger partial charge in [0.05, 0.1) is 5.56 Å². The highest BCUT2D eigenvalue weighted by molar-refractivity contribution is 7.99. The summed E-state index contributed by atoms with van der Waals surface area (Å²) in [5.74, 6) is -3.22. The van der Waals surface area contributed by atoms with Gasteiger partial charge in [0, 0.05) is 16.1 Å². The largest absolute Gasteiger partial charge is 0.322 e. The minimum Gasteiger partial charge on any atom is -0.322 e. The molecule has 2 rings (SSSR count). The molecule has 0 aromatic heterocycles. The number of carbonyl (C=O) groups is 2. The molecule has 0 spiro atoms. The number of amides is 1. The highest BCUT2D eigenvalue weighted by atomic mass is 32.2. The average Bonchev–Trinajstić information content (AvgIpc) is 2.47. The van der Waals surface area contributed by atoms with E-state index in [4.69, 9.17) is 0 Å². The predicted molar refractivity (Wildman–Crippen MR) is 82.7 cm³/mol. The maximum atomic E-state index is 12.5. The lowest BCUT2D eigenvalue weighted by molar-refractivity contribution is 0.101. The Bertz CT molecular complexity index is 704. The van der Waals surface area contributed by atoms with Gasteiger partial charge in [0.15, 0.2) is 5.78 Å². The van der Waals surface area contributed by atoms with Crippen molar-refractivity contribution in [2.75, 3.05) is 5.32 Å². The van der Waals surface area contributed by atoms with Crippen molar-refractivity contribution in [3.63, 3.8) is 0 Å². The van der Waals surface area contributed by atoms with Gasteiger partial charge >= 0.3 is 0 Å². The molecule has 22 heavy (non-hydrogen) atoms. The number of ketones is 1. The first-order valence-corrected chi connectivity index (χ1v) is 7.31. The number of alkyl halides is 2. The Kier molecular flexibility index (Phi) is 5.27. The van der Waals surface area contributed by atoms with E-state index < -0.39 is 11.7 Å². The molecule has 0 bridgehead atoms. The second kappa shape index (κ2) is 7.17. The second-order valence-corrected chi connectivity index (χ2v) is 5.50. The van der Waals surface area contributed by atoms with E-state index in [-0.39, 0.29) is 16.2 Å². The molecule has 2 aromatic carbocycles. The molecule has 0 radical (unpaired) electrons. The zero-order valence-corrected chi connectivity index (χ0v) is 12.5. The summed E-state index contributed by atoms with van der Waals surface area (Å²) in [6.07, 6.45) is 0. The van der Waals surface area contributed by atoms with Crippen molar-refractivity contribution in [1.29, 1.82) is 0 Å². The third kappa shape index (κ3) is 4.14. The van der Waals surface area contributed by atoms with E-state index in [9.17, 15) is 18.4 Å². The summed E-state index contributed by atoms with van der Waals surface area (Å²) in [7, 11) is 0. The van der Waals surface area contributed by atoms with Gasteiger partial charge in [-0.3, -0.25) is 9.59 Å². The van der Waals surface area contributed by atoms with Crippen molar-refractivity contribution < 1.29 is 18.4 Å². The third-order valence-corrected chi connectivity index (χ3v) is 3.66. The van der Waals surface area contributed by atoms with Crippen molar-refractivity contribution in [2.24, 2.45) is 0 Å². The van der Waals surface area contributed by atoms with E-state index in [1.807, 2.05) is 0 Å². The van der Waals surface area contributed by atoms with Crippen LogP contribution in [0.15, 0.2) is 53.4 Å². The SMILES string of the molecule is CC(=O)c1cccc(NC(=O)c2ccccc2SC(F)F)c1. The molecule has 0 aliphatic heterocycles. The molecule has 0 saturated heterocycles. The molecule has 0 unspecified atom stereocenters. The molecule has 2 aromatic rings. The van der Waals surface area contributed by atoms with Crippen LogP contribution in [0.2, 0.25) is 0 Å². The van der Waals surface area contributed by atoms with Gasteiger partial charge in [-0.2, -0.15) is 8.78 Å². The molecular formula is C16H13F2NO2S. The Balaban J connectivity index is 2.22. The Morgan fingerprint density at radius 1 is 1.09 bits per heavy atom. The maximum Gasteiger partial charge on any atom is 0.288 e. The fraction of sp³-hybridized carbons (Fsp3) is 0.125. The van der Waals surface area contributed by atoms with E-state index in [0.29, 0.717) is 23.0 Å². The van der Waals surface area contributed by atoms with Crippen LogP contribution in [0, 0.1) is 0 Å². The van der Waals surface area contributed by atoms with Crippen LogP contribution in [0.4, 0.5) is 14.5 Å². The molecule has 6 heteroatoms. The summed E-state index contributed by atoms with van der Waals surface area (Å²) in [6.45, 7) is 1.43. The smallest absolute Gasteiger partial charge is 0.288 e. The Morgan fingerprint density at radius 2 is 1.82 bits per heavy atom. The quantitative estimate of drug-likeness (QED) is 0.653. The van der Waals surface area contributed by atoms with Crippen LogP contribution >= 0.6 is 11.8 Å². The van der Waals surface area contributed by atoms with Crippen molar-refractivity contribution in [2.45, 2.75) is 17.6 Å². The molecule has 0 aliphatic carbocycles. The fourth-order valence-electron chi connectivity index (χ4n) is 1.87. The first kappa shape index (κ1) is 16.2. The molecular weight excluding hydrogens is 308 g/mol. The summed E-state index contributed by atoms with van der Waals surface area (Å²) >= 11 is 0.324. The summed E-state index contributed by atoms with van der Waals surface area (Å²) in [6, 6.07) is 12.6. The lowest BCUT2D eigenvalue weighted by Gasteiger charge is -2.10.